The number of rotatable bonds is 7. The van der Waals surface area contributed by atoms with Crippen molar-refractivity contribution in [2.45, 2.75) is 32.4 Å². The van der Waals surface area contributed by atoms with E-state index < -0.39 is 30.0 Å². The summed E-state index contributed by atoms with van der Waals surface area (Å²) < 4.78 is 5.50. The van der Waals surface area contributed by atoms with Crippen molar-refractivity contribution in [1.82, 2.24) is 4.90 Å². The number of thiocarbonyl (C=S) groups is 1. The van der Waals surface area contributed by atoms with Crippen molar-refractivity contribution in [2.24, 2.45) is 0 Å². The molecule has 0 aromatic heterocycles. The number of amides is 1. The van der Waals surface area contributed by atoms with Crippen LogP contribution in [-0.4, -0.2) is 49.4 Å². The molecular formula is C17H17NO6S2. The number of carboxylic acid groups (broad SMARTS) is 2. The summed E-state index contributed by atoms with van der Waals surface area (Å²) in [7, 11) is 0. The molecule has 1 aromatic carbocycles. The summed E-state index contributed by atoms with van der Waals surface area (Å²) in [6, 6.07) is 5.60. The van der Waals surface area contributed by atoms with Crippen molar-refractivity contribution >= 4 is 52.2 Å². The lowest BCUT2D eigenvalue weighted by Crippen LogP contribution is -2.43. The van der Waals surface area contributed by atoms with Crippen LogP contribution in [0.15, 0.2) is 29.2 Å². The van der Waals surface area contributed by atoms with Gasteiger partial charge in [-0.25, -0.2) is 9.59 Å². The van der Waals surface area contributed by atoms with E-state index in [1.165, 1.54) is 6.92 Å². The number of hydrogen-bond acceptors (Lipinski definition) is 6. The fourth-order valence-electron chi connectivity index (χ4n) is 2.30. The van der Waals surface area contributed by atoms with Gasteiger partial charge in [-0.2, -0.15) is 0 Å². The summed E-state index contributed by atoms with van der Waals surface area (Å²) in [5.41, 5.74) is 0.615. The Balaban J connectivity index is 2.25. The molecule has 138 valence electrons. The maximum absolute atomic E-state index is 12.6. The smallest absolute Gasteiger partial charge is 0.344 e. The van der Waals surface area contributed by atoms with E-state index in [1.807, 2.05) is 0 Å². The van der Waals surface area contributed by atoms with Gasteiger partial charge in [0, 0.05) is 0 Å². The molecule has 1 heterocycles. The molecule has 1 fully saturated rings. The van der Waals surface area contributed by atoms with E-state index in [-0.39, 0.29) is 10.7 Å². The molecule has 0 radical (unpaired) electrons. The van der Waals surface area contributed by atoms with Crippen LogP contribution >= 0.6 is 24.0 Å². The Hall–Kier alpha value is -2.39. The van der Waals surface area contributed by atoms with Gasteiger partial charge < -0.3 is 14.9 Å². The van der Waals surface area contributed by atoms with Crippen molar-refractivity contribution in [2.75, 3.05) is 0 Å². The maximum atomic E-state index is 12.6. The maximum Gasteiger partial charge on any atom is 0.344 e. The Bertz CT molecular complexity index is 791. The van der Waals surface area contributed by atoms with E-state index in [2.05, 4.69) is 0 Å². The standard InChI is InChI=1S/C17H17NO6S2/c1-3-12(16(22)23)18-14(19)13(26-17(18)25)8-10-5-4-6-11(7-10)24-9(2)15(20)21/h4-9,12H,3H2,1-2H3,(H,20,21)(H,22,23)/b13-8-. The summed E-state index contributed by atoms with van der Waals surface area (Å²) in [4.78, 5) is 36.2. The Labute approximate surface area is 159 Å². The molecule has 2 rings (SSSR count). The quantitative estimate of drug-likeness (QED) is 0.536. The molecule has 0 aliphatic carbocycles. The molecule has 9 heteroatoms. The van der Waals surface area contributed by atoms with Gasteiger partial charge >= 0.3 is 11.9 Å². The normalized spacial score (nSPS) is 18.1. The molecule has 26 heavy (non-hydrogen) atoms. The van der Waals surface area contributed by atoms with Gasteiger partial charge in [0.1, 0.15) is 16.1 Å². The van der Waals surface area contributed by atoms with Crippen molar-refractivity contribution in [3.63, 3.8) is 0 Å². The molecule has 2 unspecified atom stereocenters. The molecular weight excluding hydrogens is 378 g/mol. The third kappa shape index (κ3) is 4.41. The zero-order chi connectivity index (χ0) is 19.4. The molecule has 0 saturated carbocycles. The highest BCUT2D eigenvalue weighted by Crippen LogP contribution is 2.35. The van der Waals surface area contributed by atoms with Gasteiger partial charge in [-0.15, -0.1) is 0 Å². The summed E-state index contributed by atoms with van der Waals surface area (Å²) in [6.07, 6.45) is 0.807. The second kappa shape index (κ2) is 8.33. The minimum absolute atomic E-state index is 0.197. The van der Waals surface area contributed by atoms with Gasteiger partial charge in [0.15, 0.2) is 6.10 Å². The van der Waals surface area contributed by atoms with E-state index in [0.717, 1.165) is 16.7 Å². The van der Waals surface area contributed by atoms with Crippen LogP contribution in [0.3, 0.4) is 0 Å². The van der Waals surface area contributed by atoms with E-state index in [9.17, 15) is 19.5 Å². The number of carboxylic acids is 2. The van der Waals surface area contributed by atoms with Crippen LogP contribution in [-0.2, 0) is 14.4 Å². The van der Waals surface area contributed by atoms with Crippen LogP contribution in [0.5, 0.6) is 5.75 Å². The molecule has 2 N–H and O–H groups in total. The van der Waals surface area contributed by atoms with Crippen LogP contribution in [0.25, 0.3) is 6.08 Å². The van der Waals surface area contributed by atoms with Gasteiger partial charge in [0.2, 0.25) is 0 Å². The zero-order valence-electron chi connectivity index (χ0n) is 14.0. The van der Waals surface area contributed by atoms with Crippen LogP contribution < -0.4 is 4.74 Å². The number of carbonyl (C=O) groups excluding carboxylic acids is 1. The molecule has 0 bridgehead atoms. The second-order valence-electron chi connectivity index (χ2n) is 5.48. The first-order valence-corrected chi connectivity index (χ1v) is 8.96. The van der Waals surface area contributed by atoms with Crippen LogP contribution in [0, 0.1) is 0 Å². The number of carbonyl (C=O) groups is 3. The molecule has 1 saturated heterocycles. The fraction of sp³-hybridized carbons (Fsp3) is 0.294. The number of ether oxygens (including phenoxy) is 1. The van der Waals surface area contributed by atoms with Crippen molar-refractivity contribution < 1.29 is 29.3 Å². The van der Waals surface area contributed by atoms with Crippen LogP contribution in [0.1, 0.15) is 25.8 Å². The van der Waals surface area contributed by atoms with Gasteiger partial charge in [0.05, 0.1) is 4.91 Å². The Morgan fingerprint density at radius 1 is 1.35 bits per heavy atom. The van der Waals surface area contributed by atoms with Gasteiger partial charge in [-0.1, -0.05) is 43.0 Å². The number of nitrogens with zero attached hydrogens (tertiary/aromatic N) is 1. The Kier molecular flexibility index (Phi) is 6.38. The number of hydrogen-bond donors (Lipinski definition) is 2. The summed E-state index contributed by atoms with van der Waals surface area (Å²) in [5, 5.41) is 18.2. The number of aliphatic carboxylic acids is 2. The highest BCUT2D eigenvalue weighted by atomic mass is 32.2. The third-order valence-electron chi connectivity index (χ3n) is 3.62. The number of thioether (sulfide) groups is 1. The predicted octanol–water partition coefficient (Wildman–Crippen LogP) is 2.60. The van der Waals surface area contributed by atoms with Crippen molar-refractivity contribution in [3.05, 3.63) is 34.7 Å². The molecule has 7 nitrogen and oxygen atoms in total. The second-order valence-corrected chi connectivity index (χ2v) is 7.16. The van der Waals surface area contributed by atoms with Crippen LogP contribution in [0.4, 0.5) is 0 Å². The molecule has 1 amide bonds. The van der Waals surface area contributed by atoms with Gasteiger partial charge in [-0.3, -0.25) is 9.69 Å². The summed E-state index contributed by atoms with van der Waals surface area (Å²) in [5.74, 6) is -2.31. The van der Waals surface area contributed by atoms with E-state index in [4.69, 9.17) is 22.1 Å². The minimum Gasteiger partial charge on any atom is -0.480 e. The lowest BCUT2D eigenvalue weighted by atomic mass is 10.1. The largest absolute Gasteiger partial charge is 0.480 e. The average molecular weight is 395 g/mol. The topological polar surface area (TPSA) is 104 Å². The van der Waals surface area contributed by atoms with Crippen molar-refractivity contribution in [3.8, 4) is 5.75 Å². The van der Waals surface area contributed by atoms with E-state index in [1.54, 1.807) is 37.3 Å². The molecule has 1 aliphatic rings. The molecule has 2 atom stereocenters. The fourth-order valence-corrected chi connectivity index (χ4v) is 3.66. The molecule has 0 spiro atoms. The first kappa shape index (κ1) is 19.9. The van der Waals surface area contributed by atoms with E-state index in [0.29, 0.717) is 16.2 Å². The number of benzene rings is 1. The lowest BCUT2D eigenvalue weighted by molar-refractivity contribution is -0.145. The average Bonchev–Trinajstić information content (AvgIpc) is 2.83. The summed E-state index contributed by atoms with van der Waals surface area (Å²) in [6.45, 7) is 3.09. The molecule has 1 aliphatic heterocycles. The SMILES string of the molecule is CCC(C(=O)O)N1C(=O)/C(=C/c2cccc(OC(C)C(=O)O)c2)SC1=S. The molecule has 1 aromatic rings. The van der Waals surface area contributed by atoms with Gasteiger partial charge in [-0.05, 0) is 37.1 Å². The minimum atomic E-state index is -1.11. The highest BCUT2D eigenvalue weighted by Gasteiger charge is 2.39. The van der Waals surface area contributed by atoms with Crippen LogP contribution in [0.2, 0.25) is 0 Å². The lowest BCUT2D eigenvalue weighted by Gasteiger charge is -2.21. The Morgan fingerprint density at radius 3 is 2.62 bits per heavy atom. The third-order valence-corrected chi connectivity index (χ3v) is 4.95. The zero-order valence-corrected chi connectivity index (χ0v) is 15.7. The first-order valence-electron chi connectivity index (χ1n) is 7.74. The highest BCUT2D eigenvalue weighted by molar-refractivity contribution is 8.26. The Morgan fingerprint density at radius 2 is 2.04 bits per heavy atom. The van der Waals surface area contributed by atoms with E-state index >= 15 is 0 Å². The van der Waals surface area contributed by atoms with Crippen molar-refractivity contribution in [1.29, 1.82) is 0 Å². The monoisotopic (exact) mass is 395 g/mol. The summed E-state index contributed by atoms with van der Waals surface area (Å²) >= 11 is 6.19. The predicted molar refractivity (Wildman–Crippen MR) is 101 cm³/mol. The van der Waals surface area contributed by atoms with Gasteiger partial charge in [0.25, 0.3) is 5.91 Å². The first-order chi connectivity index (χ1) is 12.2.